The van der Waals surface area contributed by atoms with Gasteiger partial charge in [-0.2, -0.15) is 0 Å². The van der Waals surface area contributed by atoms with Crippen LogP contribution in [0.4, 0.5) is 11.6 Å². The zero-order chi connectivity index (χ0) is 28.0. The van der Waals surface area contributed by atoms with Crippen molar-refractivity contribution in [1.29, 1.82) is 0 Å². The van der Waals surface area contributed by atoms with E-state index in [2.05, 4.69) is 30.5 Å². The third kappa shape index (κ3) is 11.4. The van der Waals surface area contributed by atoms with Crippen LogP contribution in [0.3, 0.4) is 0 Å². The van der Waals surface area contributed by atoms with Gasteiger partial charge in [-0.25, -0.2) is 9.97 Å². The van der Waals surface area contributed by atoms with Crippen molar-refractivity contribution in [2.24, 2.45) is 10.7 Å². The van der Waals surface area contributed by atoms with Crippen molar-refractivity contribution in [3.8, 4) is 0 Å². The number of aliphatic imine (C=N–C) groups is 1. The summed E-state index contributed by atoms with van der Waals surface area (Å²) in [4.78, 5) is 26.5. The number of nitrogens with two attached hydrogens (primary N) is 3. The topological polar surface area (TPSA) is 188 Å². The molecule has 2 fully saturated rings. The van der Waals surface area contributed by atoms with Crippen LogP contribution in [0, 0.1) is 0 Å². The fraction of sp³-hybridized carbons (Fsp3) is 0.760. The third-order valence-electron chi connectivity index (χ3n) is 6.72. The van der Waals surface area contributed by atoms with E-state index in [9.17, 15) is 4.79 Å². The molecule has 0 aliphatic carbocycles. The van der Waals surface area contributed by atoms with Crippen LogP contribution in [0.15, 0.2) is 4.99 Å². The molecule has 1 aromatic rings. The number of nitrogens with one attached hydrogen (secondary N) is 2. The van der Waals surface area contributed by atoms with E-state index < -0.39 is 5.91 Å². The molecule has 0 saturated carbocycles. The summed E-state index contributed by atoms with van der Waals surface area (Å²) in [5, 5.41) is 5.81. The van der Waals surface area contributed by atoms with E-state index in [-0.39, 0.29) is 40.8 Å². The SMILES string of the molecule is CC1OCC(CCCCNCCOC2CCN(CCCCN=C(N)NC(=O)c3nc(Cl)c(N)nc3N)CC2)O1. The largest absolute Gasteiger partial charge is 0.382 e. The molecule has 1 amide bonds. The Morgan fingerprint density at radius 1 is 1.15 bits per heavy atom. The molecule has 2 saturated heterocycles. The predicted molar refractivity (Wildman–Crippen MR) is 151 cm³/mol. The number of rotatable bonds is 15. The second-order valence-corrected chi connectivity index (χ2v) is 10.2. The Hall–Kier alpha value is -2.29. The van der Waals surface area contributed by atoms with Crippen molar-refractivity contribution in [2.45, 2.75) is 70.4 Å². The number of piperidine rings is 1. The van der Waals surface area contributed by atoms with Gasteiger partial charge in [0.2, 0.25) is 0 Å². The van der Waals surface area contributed by atoms with Crippen LogP contribution in [0.2, 0.25) is 5.15 Å². The van der Waals surface area contributed by atoms with E-state index in [1.807, 2.05) is 6.92 Å². The molecule has 2 atom stereocenters. The zero-order valence-corrected chi connectivity index (χ0v) is 23.6. The number of hydrogen-bond donors (Lipinski definition) is 5. The molecule has 3 heterocycles. The van der Waals surface area contributed by atoms with Crippen LogP contribution in [-0.2, 0) is 14.2 Å². The number of aromatic nitrogens is 2. The highest BCUT2D eigenvalue weighted by molar-refractivity contribution is 6.31. The molecule has 2 aliphatic rings. The molecule has 0 spiro atoms. The normalized spacial score (nSPS) is 20.9. The van der Waals surface area contributed by atoms with E-state index in [4.69, 9.17) is 43.0 Å². The lowest BCUT2D eigenvalue weighted by atomic mass is 10.1. The Morgan fingerprint density at radius 2 is 1.95 bits per heavy atom. The maximum Gasteiger partial charge on any atom is 0.280 e. The van der Waals surface area contributed by atoms with E-state index in [1.165, 1.54) is 0 Å². The zero-order valence-electron chi connectivity index (χ0n) is 22.9. The average Bonchev–Trinajstić information content (AvgIpc) is 3.33. The molecule has 1 aromatic heterocycles. The fourth-order valence-electron chi connectivity index (χ4n) is 4.56. The Bertz CT molecular complexity index is 931. The van der Waals surface area contributed by atoms with Gasteiger partial charge in [-0.1, -0.05) is 11.6 Å². The molecular weight excluding hydrogens is 526 g/mol. The molecule has 39 heavy (non-hydrogen) atoms. The van der Waals surface area contributed by atoms with Gasteiger partial charge in [0.25, 0.3) is 5.91 Å². The van der Waals surface area contributed by atoms with Crippen LogP contribution in [0.25, 0.3) is 0 Å². The van der Waals surface area contributed by atoms with E-state index >= 15 is 0 Å². The molecule has 0 bridgehead atoms. The van der Waals surface area contributed by atoms with Gasteiger partial charge in [-0.3, -0.25) is 15.1 Å². The molecule has 2 unspecified atom stereocenters. The molecule has 0 radical (unpaired) electrons. The highest BCUT2D eigenvalue weighted by Crippen LogP contribution is 2.18. The Kier molecular flexibility index (Phi) is 13.4. The smallest absolute Gasteiger partial charge is 0.280 e. The summed E-state index contributed by atoms with van der Waals surface area (Å²) in [5.41, 5.74) is 16.9. The minimum Gasteiger partial charge on any atom is -0.382 e. The number of anilines is 2. The van der Waals surface area contributed by atoms with Crippen LogP contribution in [0.1, 0.15) is 62.4 Å². The highest BCUT2D eigenvalue weighted by atomic mass is 35.5. The van der Waals surface area contributed by atoms with Crippen molar-refractivity contribution in [3.05, 3.63) is 10.8 Å². The first-order chi connectivity index (χ1) is 18.8. The van der Waals surface area contributed by atoms with Gasteiger partial charge in [0.1, 0.15) is 0 Å². The predicted octanol–water partition coefficient (Wildman–Crippen LogP) is 1.12. The summed E-state index contributed by atoms with van der Waals surface area (Å²) in [6, 6.07) is 0. The van der Waals surface area contributed by atoms with Gasteiger partial charge >= 0.3 is 0 Å². The highest BCUT2D eigenvalue weighted by Gasteiger charge is 2.22. The molecule has 220 valence electrons. The average molecular weight is 570 g/mol. The standard InChI is InChI=1S/C25H44ClN9O4/c1-17-38-16-19(39-17)6-2-3-9-30-11-15-37-18-7-13-35(14-8-18)12-5-4-10-31-25(29)34-24(36)20-22(27)33-23(28)21(26)32-20/h17-19,30H,2-16H2,1H3,(H4,27,28,33)(H3,29,31,34,36). The van der Waals surface area contributed by atoms with Crippen molar-refractivity contribution < 1.29 is 19.0 Å². The summed E-state index contributed by atoms with van der Waals surface area (Å²) in [6.45, 7) is 8.91. The number of carbonyl (C=O) groups excluding carboxylic acids is 1. The molecule has 14 heteroatoms. The summed E-state index contributed by atoms with van der Waals surface area (Å²) in [5.74, 6) is -0.823. The molecule has 0 aromatic carbocycles. The number of halogens is 1. The Morgan fingerprint density at radius 3 is 2.69 bits per heavy atom. The maximum absolute atomic E-state index is 12.3. The summed E-state index contributed by atoms with van der Waals surface area (Å²) in [6.07, 6.45) is 7.86. The van der Waals surface area contributed by atoms with Gasteiger partial charge in [-0.05, 0) is 65.0 Å². The molecule has 13 nitrogen and oxygen atoms in total. The number of unbranched alkanes of at least 4 members (excludes halogenated alkanes) is 2. The number of guanidine groups is 1. The van der Waals surface area contributed by atoms with Crippen LogP contribution in [-0.4, -0.2) is 97.7 Å². The summed E-state index contributed by atoms with van der Waals surface area (Å²) in [7, 11) is 0. The number of nitrogen functional groups attached to an aromatic ring is 2. The Balaban J connectivity index is 1.16. The van der Waals surface area contributed by atoms with Gasteiger partial charge in [0.15, 0.2) is 34.7 Å². The number of hydrogen-bond acceptors (Lipinski definition) is 11. The fourth-order valence-corrected chi connectivity index (χ4v) is 4.69. The molecule has 3 rings (SSSR count). The van der Waals surface area contributed by atoms with Crippen LogP contribution < -0.4 is 27.8 Å². The number of nitrogens with zero attached hydrogens (tertiary/aromatic N) is 4. The third-order valence-corrected chi connectivity index (χ3v) is 7.00. The van der Waals surface area contributed by atoms with Gasteiger partial charge in [0.05, 0.1) is 25.4 Å². The van der Waals surface area contributed by atoms with E-state index in [0.29, 0.717) is 12.6 Å². The van der Waals surface area contributed by atoms with Crippen molar-refractivity contribution in [1.82, 2.24) is 25.5 Å². The lowest BCUT2D eigenvalue weighted by Crippen LogP contribution is -2.38. The number of likely N-dealkylation sites (tertiary alicyclic amines) is 1. The number of ether oxygens (including phenoxy) is 3. The molecule has 8 N–H and O–H groups in total. The van der Waals surface area contributed by atoms with E-state index in [1.54, 1.807) is 0 Å². The first-order valence-corrected chi connectivity index (χ1v) is 14.2. The van der Waals surface area contributed by atoms with Crippen molar-refractivity contribution in [2.75, 3.05) is 63.9 Å². The first-order valence-electron chi connectivity index (χ1n) is 13.8. The second-order valence-electron chi connectivity index (χ2n) is 9.88. The van der Waals surface area contributed by atoms with E-state index in [0.717, 1.165) is 90.9 Å². The van der Waals surface area contributed by atoms with Gasteiger partial charge in [-0.15, -0.1) is 0 Å². The first kappa shape index (κ1) is 31.2. The minimum absolute atomic E-state index is 0.00922. The lowest BCUT2D eigenvalue weighted by Gasteiger charge is -2.31. The Labute approximate surface area is 235 Å². The summed E-state index contributed by atoms with van der Waals surface area (Å²) < 4.78 is 17.1. The lowest BCUT2D eigenvalue weighted by molar-refractivity contribution is -0.0434. The van der Waals surface area contributed by atoms with Crippen molar-refractivity contribution in [3.63, 3.8) is 0 Å². The monoisotopic (exact) mass is 569 g/mol. The quantitative estimate of drug-likeness (QED) is 0.116. The van der Waals surface area contributed by atoms with Crippen molar-refractivity contribution >= 4 is 35.1 Å². The maximum atomic E-state index is 12.3. The number of carbonyl (C=O) groups is 1. The number of amides is 1. The second kappa shape index (κ2) is 16.7. The van der Waals surface area contributed by atoms with Gasteiger partial charge < -0.3 is 41.6 Å². The summed E-state index contributed by atoms with van der Waals surface area (Å²) >= 11 is 5.81. The molecular formula is C25H44ClN9O4. The van der Waals surface area contributed by atoms with Crippen LogP contribution in [0.5, 0.6) is 0 Å². The minimum atomic E-state index is -0.639. The molecule has 2 aliphatic heterocycles. The van der Waals surface area contributed by atoms with Crippen LogP contribution >= 0.6 is 11.6 Å². The van der Waals surface area contributed by atoms with Gasteiger partial charge in [0, 0.05) is 26.2 Å².